The number of benzene rings is 1. The summed E-state index contributed by atoms with van der Waals surface area (Å²) in [5, 5.41) is 2.86. The molecule has 0 spiro atoms. The number of carbonyl (C=O) groups is 2. The molecule has 110 valence electrons. The number of amides is 2. The summed E-state index contributed by atoms with van der Waals surface area (Å²) in [6.07, 6.45) is 5.80. The molecule has 1 N–H and O–H groups in total. The molecule has 4 heteroatoms. The van der Waals surface area contributed by atoms with E-state index in [-0.39, 0.29) is 17.9 Å². The maximum Gasteiger partial charge on any atom is 0.248 e. The van der Waals surface area contributed by atoms with Crippen molar-refractivity contribution in [3.63, 3.8) is 0 Å². The smallest absolute Gasteiger partial charge is 0.248 e. The molecule has 0 saturated carbocycles. The molecule has 1 saturated heterocycles. The SMILES string of the molecule is CC1(C)NC(=O)C(c2ccccc2)N(C2CC=CC2)C1=O. The molecule has 0 radical (unpaired) electrons. The lowest BCUT2D eigenvalue weighted by Crippen LogP contribution is -2.66. The number of nitrogens with one attached hydrogen (secondary N) is 1. The fourth-order valence-corrected chi connectivity index (χ4v) is 3.15. The van der Waals surface area contributed by atoms with Crippen molar-refractivity contribution in [3.8, 4) is 0 Å². The largest absolute Gasteiger partial charge is 0.340 e. The normalized spacial score (nSPS) is 25.2. The summed E-state index contributed by atoms with van der Waals surface area (Å²) in [4.78, 5) is 27.2. The van der Waals surface area contributed by atoms with Gasteiger partial charge in [0.25, 0.3) is 0 Å². The van der Waals surface area contributed by atoms with Crippen LogP contribution in [-0.2, 0) is 9.59 Å². The summed E-state index contributed by atoms with van der Waals surface area (Å²) < 4.78 is 0. The van der Waals surface area contributed by atoms with Crippen molar-refractivity contribution in [2.75, 3.05) is 0 Å². The third-order valence-corrected chi connectivity index (χ3v) is 4.22. The van der Waals surface area contributed by atoms with Gasteiger partial charge in [0.1, 0.15) is 11.6 Å². The van der Waals surface area contributed by atoms with E-state index in [0.29, 0.717) is 0 Å². The van der Waals surface area contributed by atoms with Crippen LogP contribution in [0.2, 0.25) is 0 Å². The van der Waals surface area contributed by atoms with Crippen molar-refractivity contribution in [3.05, 3.63) is 48.0 Å². The molecule has 1 aliphatic heterocycles. The van der Waals surface area contributed by atoms with Gasteiger partial charge in [-0.2, -0.15) is 0 Å². The van der Waals surface area contributed by atoms with Crippen molar-refractivity contribution < 1.29 is 9.59 Å². The van der Waals surface area contributed by atoms with Gasteiger partial charge >= 0.3 is 0 Å². The van der Waals surface area contributed by atoms with Crippen molar-refractivity contribution in [1.29, 1.82) is 0 Å². The van der Waals surface area contributed by atoms with Gasteiger partial charge in [0.05, 0.1) is 0 Å². The van der Waals surface area contributed by atoms with Crippen LogP contribution < -0.4 is 5.32 Å². The fraction of sp³-hybridized carbons (Fsp3) is 0.412. The molecule has 1 unspecified atom stereocenters. The zero-order valence-electron chi connectivity index (χ0n) is 12.4. The quantitative estimate of drug-likeness (QED) is 0.846. The average molecular weight is 284 g/mol. The molecule has 21 heavy (non-hydrogen) atoms. The maximum absolute atomic E-state index is 12.8. The van der Waals surface area contributed by atoms with E-state index in [4.69, 9.17) is 0 Å². The third kappa shape index (κ3) is 2.35. The van der Waals surface area contributed by atoms with Crippen LogP contribution in [0, 0.1) is 0 Å². The van der Waals surface area contributed by atoms with E-state index in [1.165, 1.54) is 0 Å². The molecular weight excluding hydrogens is 264 g/mol. The van der Waals surface area contributed by atoms with E-state index >= 15 is 0 Å². The number of piperazine rings is 1. The van der Waals surface area contributed by atoms with Crippen LogP contribution in [0.4, 0.5) is 0 Å². The Kier molecular flexibility index (Phi) is 3.32. The van der Waals surface area contributed by atoms with Crippen LogP contribution in [0.1, 0.15) is 38.3 Å². The molecular formula is C17H20N2O2. The van der Waals surface area contributed by atoms with E-state index < -0.39 is 11.6 Å². The molecule has 1 aliphatic carbocycles. The first-order chi connectivity index (χ1) is 10.0. The van der Waals surface area contributed by atoms with Crippen molar-refractivity contribution >= 4 is 11.8 Å². The highest BCUT2D eigenvalue weighted by Crippen LogP contribution is 2.34. The average Bonchev–Trinajstić information content (AvgIpc) is 2.96. The van der Waals surface area contributed by atoms with Gasteiger partial charge in [0, 0.05) is 6.04 Å². The molecule has 1 aromatic rings. The lowest BCUT2D eigenvalue weighted by Gasteiger charge is -2.45. The second-order valence-electron chi connectivity index (χ2n) is 6.24. The van der Waals surface area contributed by atoms with Crippen LogP contribution in [-0.4, -0.2) is 28.3 Å². The second-order valence-corrected chi connectivity index (χ2v) is 6.24. The molecule has 0 aromatic heterocycles. The summed E-state index contributed by atoms with van der Waals surface area (Å²) in [5.74, 6) is -0.109. The van der Waals surface area contributed by atoms with Crippen molar-refractivity contribution in [2.24, 2.45) is 0 Å². The van der Waals surface area contributed by atoms with Crippen LogP contribution >= 0.6 is 0 Å². The molecule has 2 aliphatic rings. The molecule has 2 amide bonds. The Morgan fingerprint density at radius 2 is 1.71 bits per heavy atom. The summed E-state index contributed by atoms with van der Waals surface area (Å²) >= 11 is 0. The predicted molar refractivity (Wildman–Crippen MR) is 80.4 cm³/mol. The highest BCUT2D eigenvalue weighted by atomic mass is 16.2. The van der Waals surface area contributed by atoms with Gasteiger partial charge in [-0.05, 0) is 32.3 Å². The zero-order valence-corrected chi connectivity index (χ0v) is 12.4. The standard InChI is InChI=1S/C17H20N2O2/c1-17(2)16(21)19(13-10-6-7-11-13)14(15(20)18-17)12-8-4-3-5-9-12/h3-9,13-14H,10-11H2,1-2H3,(H,18,20). The Bertz CT molecular complexity index is 584. The van der Waals surface area contributed by atoms with Crippen LogP contribution in [0.15, 0.2) is 42.5 Å². The molecule has 1 fully saturated rings. The highest BCUT2D eigenvalue weighted by Gasteiger charge is 2.48. The lowest BCUT2D eigenvalue weighted by molar-refractivity contribution is -0.156. The lowest BCUT2D eigenvalue weighted by atomic mass is 9.91. The Labute approximate surface area is 124 Å². The van der Waals surface area contributed by atoms with E-state index in [9.17, 15) is 9.59 Å². The molecule has 1 aromatic carbocycles. The van der Waals surface area contributed by atoms with Gasteiger partial charge < -0.3 is 10.2 Å². The monoisotopic (exact) mass is 284 g/mol. The van der Waals surface area contributed by atoms with E-state index in [1.807, 2.05) is 30.3 Å². The number of rotatable bonds is 2. The van der Waals surface area contributed by atoms with Crippen molar-refractivity contribution in [2.45, 2.75) is 44.3 Å². The molecule has 1 heterocycles. The van der Waals surface area contributed by atoms with Crippen molar-refractivity contribution in [1.82, 2.24) is 10.2 Å². The van der Waals surface area contributed by atoms with Gasteiger partial charge in [0.15, 0.2) is 0 Å². The Morgan fingerprint density at radius 1 is 1.10 bits per heavy atom. The molecule has 3 rings (SSSR count). The van der Waals surface area contributed by atoms with Crippen LogP contribution in [0.5, 0.6) is 0 Å². The first kappa shape index (κ1) is 13.9. The Hall–Kier alpha value is -2.10. The number of hydrogen-bond donors (Lipinski definition) is 1. The molecule has 1 atom stereocenters. The summed E-state index contributed by atoms with van der Waals surface area (Å²) in [7, 11) is 0. The number of carbonyl (C=O) groups excluding carboxylic acids is 2. The first-order valence-electron chi connectivity index (χ1n) is 7.35. The van der Waals surface area contributed by atoms with Gasteiger partial charge in [-0.25, -0.2) is 0 Å². The minimum absolute atomic E-state index is 0.00958. The van der Waals surface area contributed by atoms with E-state index in [2.05, 4.69) is 17.5 Å². The zero-order chi connectivity index (χ0) is 15.0. The highest BCUT2D eigenvalue weighted by molar-refractivity contribution is 6.00. The number of hydrogen-bond acceptors (Lipinski definition) is 2. The fourth-order valence-electron chi connectivity index (χ4n) is 3.15. The van der Waals surface area contributed by atoms with E-state index in [1.54, 1.807) is 18.7 Å². The van der Waals surface area contributed by atoms with Crippen LogP contribution in [0.25, 0.3) is 0 Å². The van der Waals surface area contributed by atoms with Crippen LogP contribution in [0.3, 0.4) is 0 Å². The minimum atomic E-state index is -0.842. The summed E-state index contributed by atoms with van der Waals surface area (Å²) in [6, 6.07) is 9.08. The third-order valence-electron chi connectivity index (χ3n) is 4.22. The topological polar surface area (TPSA) is 49.4 Å². The Balaban J connectivity index is 2.02. The predicted octanol–water partition coefficient (Wildman–Crippen LogP) is 2.18. The maximum atomic E-state index is 12.8. The minimum Gasteiger partial charge on any atom is -0.340 e. The summed E-state index contributed by atoms with van der Waals surface area (Å²) in [5.41, 5.74) is 0.0241. The molecule has 4 nitrogen and oxygen atoms in total. The van der Waals surface area contributed by atoms with E-state index in [0.717, 1.165) is 18.4 Å². The summed E-state index contributed by atoms with van der Waals surface area (Å²) in [6.45, 7) is 3.54. The number of nitrogens with zero attached hydrogens (tertiary/aromatic N) is 1. The van der Waals surface area contributed by atoms with Gasteiger partial charge in [-0.3, -0.25) is 9.59 Å². The second kappa shape index (κ2) is 5.02. The Morgan fingerprint density at radius 3 is 2.33 bits per heavy atom. The van der Waals surface area contributed by atoms with Gasteiger partial charge in [0.2, 0.25) is 11.8 Å². The van der Waals surface area contributed by atoms with Gasteiger partial charge in [-0.15, -0.1) is 0 Å². The first-order valence-corrected chi connectivity index (χ1v) is 7.35. The van der Waals surface area contributed by atoms with Gasteiger partial charge in [-0.1, -0.05) is 42.5 Å². The molecule has 0 bridgehead atoms.